The first-order valence-electron chi connectivity index (χ1n) is 42.1. The zero-order valence-electron chi connectivity index (χ0n) is 66.3. The maximum Gasteiger partial charge on any atom is 0.221 e. The van der Waals surface area contributed by atoms with Crippen molar-refractivity contribution in [3.8, 4) is 73.5 Å². The van der Waals surface area contributed by atoms with E-state index in [0.29, 0.717) is 0 Å². The molecule has 0 spiro atoms. The van der Waals surface area contributed by atoms with Crippen LogP contribution in [0.25, 0.3) is 265 Å². The van der Waals surface area contributed by atoms with Crippen molar-refractivity contribution >= 4 is 191 Å². The normalized spacial score (nSPS) is 12.4. The van der Waals surface area contributed by atoms with Gasteiger partial charge in [-0.05, 0) is 250 Å². The Morgan fingerprint density at radius 1 is 0.145 bits per heavy atom. The minimum absolute atomic E-state index is 0.761. The molecule has 0 fully saturated rings. The van der Waals surface area contributed by atoms with Crippen LogP contribution in [0.15, 0.2) is 388 Å². The van der Waals surface area contributed by atoms with Crippen LogP contribution in [0.1, 0.15) is 0 Å². The van der Waals surface area contributed by atoms with E-state index in [9.17, 15) is 0 Å². The van der Waals surface area contributed by atoms with Gasteiger partial charge >= 0.3 is 0 Å². The van der Waals surface area contributed by atoms with Crippen LogP contribution in [0.5, 0.6) is 0 Å². The van der Waals surface area contributed by atoms with Crippen LogP contribution >= 0.6 is 0 Å². The molecule has 0 aliphatic heterocycles. The Morgan fingerprint density at radius 3 is 0.992 bits per heavy atom. The molecular weight excluding hydrogens is 1510 g/mol. The summed E-state index contributed by atoms with van der Waals surface area (Å²) in [7, 11) is 0. The van der Waals surface area contributed by atoms with Crippen LogP contribution in [0.4, 0.5) is 0 Å². The van der Waals surface area contributed by atoms with E-state index < -0.39 is 0 Å². The van der Waals surface area contributed by atoms with Crippen LogP contribution in [-0.4, -0.2) is 56.8 Å². The number of para-hydroxylation sites is 10. The van der Waals surface area contributed by atoms with Gasteiger partial charge in [-0.1, -0.05) is 237 Å². The Balaban J connectivity index is 0.549. The maximum atomic E-state index is 5.84. The number of imidazole rings is 3. The summed E-state index contributed by atoms with van der Waals surface area (Å²) < 4.78 is 13.7. The molecule has 0 N–H and O–H groups in total. The Labute approximate surface area is 705 Å². The van der Waals surface area contributed by atoms with Crippen LogP contribution in [0.3, 0.4) is 0 Å². The molecule has 12 nitrogen and oxygen atoms in total. The van der Waals surface area contributed by atoms with Crippen molar-refractivity contribution in [1.82, 2.24) is 56.8 Å². The smallest absolute Gasteiger partial charge is 0.221 e. The van der Waals surface area contributed by atoms with Gasteiger partial charge in [0.15, 0.2) is 0 Å². The summed E-state index contributed by atoms with van der Waals surface area (Å²) in [5, 5.41) is 19.3. The van der Waals surface area contributed by atoms with Crippen LogP contribution in [0, 0.1) is 0 Å². The van der Waals surface area contributed by atoms with Crippen molar-refractivity contribution in [2.75, 3.05) is 0 Å². The van der Waals surface area contributed by atoms with Gasteiger partial charge in [-0.2, -0.15) is 0 Å². The monoisotopic (exact) mass is 1580 g/mol. The van der Waals surface area contributed by atoms with Crippen molar-refractivity contribution < 1.29 is 0 Å². The molecule has 0 aliphatic rings. The van der Waals surface area contributed by atoms with Crippen molar-refractivity contribution in [3.63, 3.8) is 0 Å². The Hall–Kier alpha value is -17.0. The molecule has 28 rings (SSSR count). The molecule has 9 aromatic heterocycles. The molecule has 0 radical (unpaired) electrons. The first-order valence-corrected chi connectivity index (χ1v) is 42.1. The molecule has 19 aromatic carbocycles. The van der Waals surface area contributed by atoms with E-state index in [-0.39, 0.29) is 0 Å². The third-order valence-electron chi connectivity index (χ3n) is 26.3. The Morgan fingerprint density at radius 2 is 0.468 bits per heavy atom. The minimum atomic E-state index is 0.761. The zero-order valence-corrected chi connectivity index (χ0v) is 66.3. The van der Waals surface area contributed by atoms with Crippen molar-refractivity contribution in [1.29, 1.82) is 0 Å². The van der Waals surface area contributed by atoms with E-state index in [1.54, 1.807) is 0 Å². The number of nitrogens with zero attached hydrogens (tertiary/aromatic N) is 12. The molecular formula is C112H64N12. The molecule has 124 heavy (non-hydrogen) atoms. The fourth-order valence-electron chi connectivity index (χ4n) is 20.6. The van der Waals surface area contributed by atoms with Gasteiger partial charge in [0, 0.05) is 48.5 Å². The molecule has 28 aromatic rings. The largest absolute Gasteiger partial charge is 0.279 e. The molecule has 0 bridgehead atoms. The fraction of sp³-hybridized carbons (Fsp3) is 0. The molecule has 9 heterocycles. The highest BCUT2D eigenvalue weighted by atomic mass is 15.3. The lowest BCUT2D eigenvalue weighted by Gasteiger charge is -2.15. The van der Waals surface area contributed by atoms with Crippen LogP contribution < -0.4 is 0 Å². The quantitative estimate of drug-likeness (QED) is 0.140. The van der Waals surface area contributed by atoms with Crippen molar-refractivity contribution in [3.05, 3.63) is 388 Å². The number of hydrogen-bond acceptors (Lipinski definition) is 6. The highest BCUT2D eigenvalue weighted by Crippen LogP contribution is 2.46. The summed E-state index contributed by atoms with van der Waals surface area (Å²) in [5.74, 6) is 2.34. The lowest BCUT2D eigenvalue weighted by atomic mass is 9.90. The topological polar surface area (TPSA) is 105 Å². The van der Waals surface area contributed by atoms with Crippen LogP contribution in [-0.2, 0) is 0 Å². The van der Waals surface area contributed by atoms with Gasteiger partial charge in [0.25, 0.3) is 0 Å². The third-order valence-corrected chi connectivity index (χ3v) is 26.3. The van der Waals surface area contributed by atoms with Gasteiger partial charge in [-0.3, -0.25) is 26.9 Å². The van der Waals surface area contributed by atoms with Crippen molar-refractivity contribution in [2.24, 2.45) is 0 Å². The molecule has 0 unspecified atom stereocenters. The van der Waals surface area contributed by atoms with Crippen molar-refractivity contribution in [2.45, 2.75) is 0 Å². The molecule has 0 saturated carbocycles. The van der Waals surface area contributed by atoms with E-state index in [4.69, 9.17) is 29.9 Å². The summed E-state index contributed by atoms with van der Waals surface area (Å²) in [6, 6.07) is 141. The summed E-state index contributed by atoms with van der Waals surface area (Å²) in [6.45, 7) is 0. The molecule has 0 amide bonds. The SMILES string of the molecule is c1ccc2cc(-c3ccc4c(c3)c3ccccc3n4-c3nc4cc(-c5ccc6c(-c7ccc8c(c7)c7ccccc7n8-c7nc8cc(-c9ccc%10c(-c%11ccc%12c(c%11)c%11ccccc%11n%12-c%11nc%12ccccc%12c%12nc%13ccccc%13n%11%12)cc%11ccccc%11c%10c9)ccc8c8nc9ccccc9n78)cccc6c5)ccc4c4nc5ccccc5n34)ccc2c1. The van der Waals surface area contributed by atoms with Gasteiger partial charge in [0.1, 0.15) is 16.9 Å². The van der Waals surface area contributed by atoms with Crippen LogP contribution in [0.2, 0.25) is 0 Å². The number of fused-ring (bicyclic) bond motifs is 29. The Bertz CT molecular complexity index is 9630. The molecule has 0 saturated heterocycles. The second-order valence-electron chi connectivity index (χ2n) is 33.0. The van der Waals surface area contributed by atoms with E-state index in [1.165, 1.54) is 43.4 Å². The highest BCUT2D eigenvalue weighted by Gasteiger charge is 2.27. The second-order valence-corrected chi connectivity index (χ2v) is 33.0. The standard InChI is InChI=1S/C112H64N12/c1-2-21-66-56-67(41-40-65(66)20-1)70-46-53-101-89(59-70)81-25-6-13-34-98(81)120(101)111-117-96-63-71(44-51-85(96)108-114-94-32-11-17-38-105(94)123(108)111)68-42-49-79-73(57-68)23-19-29-77(79)75-47-54-102-90(61-75)82-26-7-15-36-100(82)121(102)112-118-97-64-72(45-52-86(97)109-115-95-33-12-18-39-106(95)124(109)112)69-43-50-80-87(60-74-22-3-4-24-78(74)88(80)58-69)76-48-55-103-91(62-76)83-27-8-14-35-99(83)119(103)110-116-92-30-9-5-28-84(92)107-113-93-31-10-16-37-104(93)122(107)110/h1-64H. The summed E-state index contributed by atoms with van der Waals surface area (Å²) in [4.78, 5) is 33.1. The zero-order chi connectivity index (χ0) is 80.7. The lowest BCUT2D eigenvalue weighted by molar-refractivity contribution is 0.979. The summed E-state index contributed by atoms with van der Waals surface area (Å²) in [6.07, 6.45) is 0. The van der Waals surface area contributed by atoms with E-state index >= 15 is 0 Å². The number of benzene rings is 19. The van der Waals surface area contributed by atoms with Gasteiger partial charge in [-0.15, -0.1) is 0 Å². The van der Waals surface area contributed by atoms with E-state index in [2.05, 4.69) is 415 Å². The third kappa shape index (κ3) is 9.61. The first kappa shape index (κ1) is 67.0. The number of hydrogen-bond donors (Lipinski definition) is 0. The maximum absolute atomic E-state index is 5.84. The lowest BCUT2D eigenvalue weighted by Crippen LogP contribution is -2.06. The first-order chi connectivity index (χ1) is 61.4. The predicted octanol–water partition coefficient (Wildman–Crippen LogP) is 28.0. The summed E-state index contributed by atoms with van der Waals surface area (Å²) in [5.41, 5.74) is 28.6. The van der Waals surface area contributed by atoms with E-state index in [0.717, 1.165) is 221 Å². The highest BCUT2D eigenvalue weighted by molar-refractivity contribution is 6.19. The summed E-state index contributed by atoms with van der Waals surface area (Å²) >= 11 is 0. The average molecular weight is 1580 g/mol. The molecule has 0 aliphatic carbocycles. The van der Waals surface area contributed by atoms with Gasteiger partial charge in [0.2, 0.25) is 17.8 Å². The molecule has 0 atom stereocenters. The van der Waals surface area contributed by atoms with Gasteiger partial charge in [-0.25, -0.2) is 29.9 Å². The second kappa shape index (κ2) is 25.3. The minimum Gasteiger partial charge on any atom is -0.279 e. The van der Waals surface area contributed by atoms with E-state index in [1.807, 2.05) is 0 Å². The van der Waals surface area contributed by atoms with Gasteiger partial charge < -0.3 is 0 Å². The Kier molecular flexibility index (Phi) is 13.7. The average Bonchev–Trinajstić information content (AvgIpc) is 1.55. The number of aromatic nitrogens is 12. The van der Waals surface area contributed by atoms with Gasteiger partial charge in [0.05, 0.1) is 82.8 Å². The fourth-order valence-corrected chi connectivity index (χ4v) is 20.6. The number of rotatable bonds is 8. The molecule has 12 heteroatoms. The molecule has 572 valence electrons. The predicted molar refractivity (Wildman–Crippen MR) is 511 cm³/mol.